The SMILES string of the molecule is C=CC(=O)OCc1cc(OC(=O)c2ccc(OC)cc2)ccc1OC(=O)c1ccc(OC)cc1. The number of hydrogen-bond acceptors (Lipinski definition) is 8. The third kappa shape index (κ3) is 6.23. The predicted octanol–water partition coefficient (Wildman–Crippen LogP) is 4.37. The van der Waals surface area contributed by atoms with E-state index >= 15 is 0 Å². The average molecular weight is 462 g/mol. The van der Waals surface area contributed by atoms with Crippen LogP contribution in [-0.4, -0.2) is 32.1 Å². The van der Waals surface area contributed by atoms with E-state index in [2.05, 4.69) is 6.58 Å². The lowest BCUT2D eigenvalue weighted by atomic mass is 10.2. The van der Waals surface area contributed by atoms with Crippen molar-refractivity contribution in [3.05, 3.63) is 96.1 Å². The molecule has 0 unspecified atom stereocenters. The van der Waals surface area contributed by atoms with E-state index in [0.717, 1.165) is 6.08 Å². The molecule has 0 amide bonds. The lowest BCUT2D eigenvalue weighted by Crippen LogP contribution is -2.12. The summed E-state index contributed by atoms with van der Waals surface area (Å²) in [5.74, 6) is -0.367. The molecule has 3 aromatic rings. The van der Waals surface area contributed by atoms with Gasteiger partial charge in [0.2, 0.25) is 0 Å². The van der Waals surface area contributed by atoms with Crippen LogP contribution in [0.5, 0.6) is 23.0 Å². The van der Waals surface area contributed by atoms with Gasteiger partial charge in [0.1, 0.15) is 29.6 Å². The standard InChI is InChI=1S/C26H22O8/c1-4-24(27)32-16-19-15-22(33-25(28)17-5-9-20(30-2)10-6-17)13-14-23(19)34-26(29)18-7-11-21(31-3)12-8-18/h4-15H,1,16H2,2-3H3. The van der Waals surface area contributed by atoms with E-state index in [1.54, 1.807) is 48.5 Å². The van der Waals surface area contributed by atoms with E-state index in [1.165, 1.54) is 32.4 Å². The highest BCUT2D eigenvalue weighted by molar-refractivity contribution is 5.92. The van der Waals surface area contributed by atoms with Gasteiger partial charge in [0.25, 0.3) is 0 Å². The Kier molecular flexibility index (Phi) is 8.02. The summed E-state index contributed by atoms with van der Waals surface area (Å²) < 4.78 is 26.2. The molecule has 8 nitrogen and oxygen atoms in total. The number of methoxy groups -OCH3 is 2. The Balaban J connectivity index is 1.80. The Morgan fingerprint density at radius 3 is 1.74 bits per heavy atom. The van der Waals surface area contributed by atoms with Crippen LogP contribution in [0.1, 0.15) is 26.3 Å². The molecular formula is C26H22O8. The van der Waals surface area contributed by atoms with Crippen molar-refractivity contribution in [1.29, 1.82) is 0 Å². The van der Waals surface area contributed by atoms with Gasteiger partial charge in [-0.15, -0.1) is 0 Å². The number of carbonyl (C=O) groups excluding carboxylic acids is 3. The van der Waals surface area contributed by atoms with E-state index < -0.39 is 17.9 Å². The minimum Gasteiger partial charge on any atom is -0.497 e. The molecule has 0 radical (unpaired) electrons. The molecule has 174 valence electrons. The van der Waals surface area contributed by atoms with Gasteiger partial charge < -0.3 is 23.7 Å². The molecule has 0 aromatic heterocycles. The second-order valence-electron chi connectivity index (χ2n) is 6.82. The van der Waals surface area contributed by atoms with Gasteiger partial charge in [-0.25, -0.2) is 14.4 Å². The van der Waals surface area contributed by atoms with Crippen LogP contribution in [-0.2, 0) is 16.1 Å². The first-order valence-corrected chi connectivity index (χ1v) is 10.1. The molecule has 0 fully saturated rings. The molecule has 0 heterocycles. The van der Waals surface area contributed by atoms with Gasteiger partial charge in [-0.3, -0.25) is 0 Å². The molecule has 0 aliphatic rings. The molecule has 0 aliphatic heterocycles. The molecule has 0 atom stereocenters. The summed E-state index contributed by atoms with van der Waals surface area (Å²) in [5, 5.41) is 0. The molecule has 0 N–H and O–H groups in total. The average Bonchev–Trinajstić information content (AvgIpc) is 2.88. The van der Waals surface area contributed by atoms with Crippen molar-refractivity contribution in [3.8, 4) is 23.0 Å². The number of esters is 3. The van der Waals surface area contributed by atoms with Gasteiger partial charge in [0.15, 0.2) is 0 Å². The Bertz CT molecular complexity index is 1180. The van der Waals surface area contributed by atoms with Crippen LogP contribution in [0.4, 0.5) is 0 Å². The zero-order valence-corrected chi connectivity index (χ0v) is 18.6. The molecule has 0 spiro atoms. The van der Waals surface area contributed by atoms with E-state index in [4.69, 9.17) is 23.7 Å². The van der Waals surface area contributed by atoms with Gasteiger partial charge in [-0.2, -0.15) is 0 Å². The largest absolute Gasteiger partial charge is 0.497 e. The third-order valence-corrected chi connectivity index (χ3v) is 4.63. The highest BCUT2D eigenvalue weighted by Gasteiger charge is 2.16. The fraction of sp³-hybridized carbons (Fsp3) is 0.115. The second-order valence-corrected chi connectivity index (χ2v) is 6.82. The van der Waals surface area contributed by atoms with Gasteiger partial charge >= 0.3 is 17.9 Å². The van der Waals surface area contributed by atoms with Crippen LogP contribution < -0.4 is 18.9 Å². The monoisotopic (exact) mass is 462 g/mol. The van der Waals surface area contributed by atoms with Crippen molar-refractivity contribution < 1.29 is 38.1 Å². The van der Waals surface area contributed by atoms with Crippen LogP contribution in [0, 0.1) is 0 Å². The van der Waals surface area contributed by atoms with Gasteiger partial charge in [-0.05, 0) is 66.7 Å². The van der Waals surface area contributed by atoms with Crippen LogP contribution in [0.15, 0.2) is 79.4 Å². The molecule has 0 saturated heterocycles. The normalized spacial score (nSPS) is 10.1. The van der Waals surface area contributed by atoms with E-state index in [1.807, 2.05) is 0 Å². The molecular weight excluding hydrogens is 440 g/mol. The fourth-order valence-electron chi connectivity index (χ4n) is 2.82. The predicted molar refractivity (Wildman–Crippen MR) is 122 cm³/mol. The maximum absolute atomic E-state index is 12.6. The van der Waals surface area contributed by atoms with Crippen LogP contribution in [0.3, 0.4) is 0 Å². The molecule has 3 rings (SSSR count). The molecule has 0 bridgehead atoms. The van der Waals surface area contributed by atoms with Gasteiger partial charge in [-0.1, -0.05) is 6.58 Å². The Morgan fingerprint density at radius 1 is 0.735 bits per heavy atom. The minimum atomic E-state index is -0.659. The zero-order valence-electron chi connectivity index (χ0n) is 18.6. The number of carbonyl (C=O) groups is 3. The van der Waals surface area contributed by atoms with Gasteiger partial charge in [0, 0.05) is 11.6 Å². The highest BCUT2D eigenvalue weighted by Crippen LogP contribution is 2.27. The molecule has 0 saturated carbocycles. The molecule has 8 heteroatoms. The summed E-state index contributed by atoms with van der Waals surface area (Å²) >= 11 is 0. The third-order valence-electron chi connectivity index (χ3n) is 4.63. The van der Waals surface area contributed by atoms with Crippen LogP contribution in [0.2, 0.25) is 0 Å². The van der Waals surface area contributed by atoms with E-state index in [0.29, 0.717) is 28.2 Å². The van der Waals surface area contributed by atoms with Crippen molar-refractivity contribution in [3.63, 3.8) is 0 Å². The van der Waals surface area contributed by atoms with Crippen molar-refractivity contribution >= 4 is 17.9 Å². The number of hydrogen-bond donors (Lipinski definition) is 0. The Hall–Kier alpha value is -4.59. The summed E-state index contributed by atoms with van der Waals surface area (Å²) in [7, 11) is 3.05. The lowest BCUT2D eigenvalue weighted by Gasteiger charge is -2.13. The first-order valence-electron chi connectivity index (χ1n) is 10.1. The Morgan fingerprint density at radius 2 is 1.24 bits per heavy atom. The number of ether oxygens (including phenoxy) is 5. The van der Waals surface area contributed by atoms with Gasteiger partial charge in [0.05, 0.1) is 25.3 Å². The molecule has 3 aromatic carbocycles. The van der Waals surface area contributed by atoms with Crippen molar-refractivity contribution in [2.24, 2.45) is 0 Å². The second kappa shape index (κ2) is 11.3. The lowest BCUT2D eigenvalue weighted by molar-refractivity contribution is -0.139. The summed E-state index contributed by atoms with van der Waals surface area (Å²) in [5.41, 5.74) is 0.928. The van der Waals surface area contributed by atoms with E-state index in [-0.39, 0.29) is 18.1 Å². The summed E-state index contributed by atoms with van der Waals surface area (Å²) in [6, 6.07) is 17.2. The van der Waals surface area contributed by atoms with Crippen molar-refractivity contribution in [2.45, 2.75) is 6.61 Å². The maximum atomic E-state index is 12.6. The number of benzene rings is 3. The van der Waals surface area contributed by atoms with Crippen LogP contribution >= 0.6 is 0 Å². The first kappa shape index (κ1) is 24.1. The highest BCUT2D eigenvalue weighted by atomic mass is 16.6. The molecule has 34 heavy (non-hydrogen) atoms. The topological polar surface area (TPSA) is 97.4 Å². The Labute approximate surface area is 196 Å². The first-order chi connectivity index (χ1) is 16.4. The summed E-state index contributed by atoms with van der Waals surface area (Å²) in [6.45, 7) is 3.12. The molecule has 0 aliphatic carbocycles. The summed E-state index contributed by atoms with van der Waals surface area (Å²) in [4.78, 5) is 36.6. The maximum Gasteiger partial charge on any atom is 0.343 e. The minimum absolute atomic E-state index is 0.141. The van der Waals surface area contributed by atoms with Crippen LogP contribution in [0.25, 0.3) is 0 Å². The summed E-state index contributed by atoms with van der Waals surface area (Å²) in [6.07, 6.45) is 1.01. The van der Waals surface area contributed by atoms with Crippen molar-refractivity contribution in [2.75, 3.05) is 14.2 Å². The fourth-order valence-corrected chi connectivity index (χ4v) is 2.82. The zero-order chi connectivity index (χ0) is 24.5. The van der Waals surface area contributed by atoms with E-state index in [9.17, 15) is 14.4 Å². The smallest absolute Gasteiger partial charge is 0.343 e. The number of rotatable bonds is 9. The van der Waals surface area contributed by atoms with Crippen molar-refractivity contribution in [1.82, 2.24) is 0 Å². The quantitative estimate of drug-likeness (QED) is 0.263.